The normalized spacial score (nSPS) is 16.6. The van der Waals surface area contributed by atoms with Crippen molar-refractivity contribution in [2.75, 3.05) is 24.2 Å². The van der Waals surface area contributed by atoms with E-state index in [1.165, 1.54) is 5.56 Å². The van der Waals surface area contributed by atoms with E-state index >= 15 is 0 Å². The molecule has 0 saturated heterocycles. The molecule has 0 radical (unpaired) electrons. The molecular weight excluding hydrogens is 296 g/mol. The molecule has 1 aliphatic rings. The Labute approximate surface area is 133 Å². The Morgan fingerprint density at radius 2 is 2.00 bits per heavy atom. The summed E-state index contributed by atoms with van der Waals surface area (Å²) >= 11 is 1.71. The average Bonchev–Trinajstić information content (AvgIpc) is 2.59. The van der Waals surface area contributed by atoms with Crippen molar-refractivity contribution in [3.8, 4) is 0 Å². The van der Waals surface area contributed by atoms with Crippen LogP contribution in [0.1, 0.15) is 16.4 Å². The van der Waals surface area contributed by atoms with Gasteiger partial charge in [-0.05, 0) is 29.4 Å². The molecule has 1 atom stereocenters. The summed E-state index contributed by atoms with van der Waals surface area (Å²) in [5.74, 6) is 1.65. The topological polar surface area (TPSA) is 66.9 Å². The summed E-state index contributed by atoms with van der Waals surface area (Å²) in [5, 5.41) is 5.96. The monoisotopic (exact) mass is 314 g/mol. The first kappa shape index (κ1) is 14.8. The predicted octanol–water partition coefficient (Wildman–Crippen LogP) is 2.04. The minimum atomic E-state index is -0.0991. The second-order valence-electron chi connectivity index (χ2n) is 4.99. The lowest BCUT2D eigenvalue weighted by atomic mass is 10.0. The molecule has 3 rings (SSSR count). The van der Waals surface area contributed by atoms with Crippen molar-refractivity contribution < 1.29 is 4.79 Å². The van der Waals surface area contributed by atoms with Crippen LogP contribution < -0.4 is 10.6 Å². The zero-order valence-corrected chi connectivity index (χ0v) is 13.0. The quantitative estimate of drug-likeness (QED) is 0.827. The van der Waals surface area contributed by atoms with Crippen LogP contribution in [0.4, 0.5) is 5.95 Å². The number of hydrogen-bond donors (Lipinski definition) is 2. The van der Waals surface area contributed by atoms with Gasteiger partial charge in [0.05, 0.1) is 0 Å². The van der Waals surface area contributed by atoms with E-state index in [0.29, 0.717) is 19.0 Å². The highest BCUT2D eigenvalue weighted by atomic mass is 32.2. The first-order chi connectivity index (χ1) is 10.8. The Balaban J connectivity index is 1.51. The van der Waals surface area contributed by atoms with Crippen molar-refractivity contribution in [2.45, 2.75) is 11.7 Å². The van der Waals surface area contributed by atoms with Crippen molar-refractivity contribution >= 4 is 23.6 Å². The zero-order valence-electron chi connectivity index (χ0n) is 12.2. The maximum Gasteiger partial charge on any atom is 0.237 e. The molecule has 0 bridgehead atoms. The Hall–Kier alpha value is -2.08. The van der Waals surface area contributed by atoms with Gasteiger partial charge in [-0.1, -0.05) is 24.3 Å². The lowest BCUT2D eigenvalue weighted by Gasteiger charge is -2.24. The molecule has 2 aromatic rings. The molecule has 2 N–H and O–H groups in total. The van der Waals surface area contributed by atoms with E-state index in [-0.39, 0.29) is 11.2 Å². The SMILES string of the molecule is O=C(NCCNc1ncccn1)[C@H]1SCCc2ccccc21. The molecule has 1 aromatic carbocycles. The lowest BCUT2D eigenvalue weighted by Crippen LogP contribution is -2.33. The molecule has 0 aliphatic carbocycles. The summed E-state index contributed by atoms with van der Waals surface area (Å²) < 4.78 is 0. The second-order valence-corrected chi connectivity index (χ2v) is 6.20. The third-order valence-corrected chi connectivity index (χ3v) is 4.75. The van der Waals surface area contributed by atoms with E-state index in [4.69, 9.17) is 0 Å². The van der Waals surface area contributed by atoms with Gasteiger partial charge < -0.3 is 10.6 Å². The van der Waals surface area contributed by atoms with Crippen LogP contribution in [0, 0.1) is 0 Å². The van der Waals surface area contributed by atoms with Gasteiger partial charge in [0.1, 0.15) is 5.25 Å². The van der Waals surface area contributed by atoms with Crippen LogP contribution in [0.2, 0.25) is 0 Å². The molecule has 0 saturated carbocycles. The van der Waals surface area contributed by atoms with E-state index in [1.54, 1.807) is 30.2 Å². The van der Waals surface area contributed by atoms with Crippen molar-refractivity contribution in [1.82, 2.24) is 15.3 Å². The van der Waals surface area contributed by atoms with Gasteiger partial charge in [-0.15, -0.1) is 11.8 Å². The van der Waals surface area contributed by atoms with Crippen LogP contribution in [0.25, 0.3) is 0 Å². The number of aromatic nitrogens is 2. The smallest absolute Gasteiger partial charge is 0.237 e. The van der Waals surface area contributed by atoms with Crippen LogP contribution in [0.3, 0.4) is 0 Å². The number of benzene rings is 1. The van der Waals surface area contributed by atoms with Gasteiger partial charge in [-0.2, -0.15) is 0 Å². The summed E-state index contributed by atoms with van der Waals surface area (Å²) in [7, 11) is 0. The molecule has 1 amide bonds. The highest BCUT2D eigenvalue weighted by Crippen LogP contribution is 2.36. The molecule has 114 valence electrons. The number of carbonyl (C=O) groups excluding carboxylic acids is 1. The van der Waals surface area contributed by atoms with Crippen LogP contribution in [0.15, 0.2) is 42.7 Å². The lowest BCUT2D eigenvalue weighted by molar-refractivity contribution is -0.120. The first-order valence-corrected chi connectivity index (χ1v) is 8.37. The summed E-state index contributed by atoms with van der Waals surface area (Å²) in [6, 6.07) is 9.98. The highest BCUT2D eigenvalue weighted by Gasteiger charge is 2.26. The number of thioether (sulfide) groups is 1. The van der Waals surface area contributed by atoms with Gasteiger partial charge in [0.25, 0.3) is 0 Å². The molecule has 0 spiro atoms. The van der Waals surface area contributed by atoms with E-state index in [2.05, 4.69) is 32.7 Å². The molecule has 5 nitrogen and oxygen atoms in total. The number of rotatable bonds is 5. The van der Waals surface area contributed by atoms with Crippen molar-refractivity contribution in [1.29, 1.82) is 0 Å². The molecule has 22 heavy (non-hydrogen) atoms. The van der Waals surface area contributed by atoms with Crippen LogP contribution in [-0.4, -0.2) is 34.7 Å². The summed E-state index contributed by atoms with van der Waals surface area (Å²) in [6.07, 6.45) is 4.41. The molecule has 1 aromatic heterocycles. The van der Waals surface area contributed by atoms with Gasteiger partial charge in [0.15, 0.2) is 0 Å². The zero-order chi connectivity index (χ0) is 15.2. The summed E-state index contributed by atoms with van der Waals surface area (Å²) in [4.78, 5) is 20.5. The van der Waals surface area contributed by atoms with Crippen LogP contribution >= 0.6 is 11.8 Å². The number of hydrogen-bond acceptors (Lipinski definition) is 5. The molecule has 6 heteroatoms. The Bertz CT molecular complexity index is 635. The summed E-state index contributed by atoms with van der Waals surface area (Å²) in [6.45, 7) is 1.16. The highest BCUT2D eigenvalue weighted by molar-refractivity contribution is 8.00. The maximum absolute atomic E-state index is 12.4. The average molecular weight is 314 g/mol. The largest absolute Gasteiger partial charge is 0.353 e. The standard InChI is InChI=1S/C16H18N4OS/c21-15(17-9-10-20-16-18-7-3-8-19-16)14-13-5-2-1-4-12(13)6-11-22-14/h1-5,7-8,14H,6,9-11H2,(H,17,21)(H,18,19,20)/t14-/m0/s1. The fraction of sp³-hybridized carbons (Fsp3) is 0.312. The van der Waals surface area contributed by atoms with Crippen LogP contribution in [0.5, 0.6) is 0 Å². The molecule has 0 unspecified atom stereocenters. The fourth-order valence-corrected chi connectivity index (χ4v) is 3.67. The number of nitrogens with zero attached hydrogens (tertiary/aromatic N) is 2. The first-order valence-electron chi connectivity index (χ1n) is 7.32. The Morgan fingerprint density at radius 3 is 2.86 bits per heavy atom. The number of nitrogens with one attached hydrogen (secondary N) is 2. The minimum absolute atomic E-state index is 0.0768. The molecule has 1 aliphatic heterocycles. The molecular formula is C16H18N4OS. The Kier molecular flexibility index (Phi) is 4.90. The minimum Gasteiger partial charge on any atom is -0.353 e. The number of anilines is 1. The third kappa shape index (κ3) is 3.57. The summed E-state index contributed by atoms with van der Waals surface area (Å²) in [5.41, 5.74) is 2.44. The fourth-order valence-electron chi connectivity index (χ4n) is 2.45. The van der Waals surface area contributed by atoms with Gasteiger partial charge in [0, 0.05) is 25.5 Å². The second kappa shape index (κ2) is 7.26. The molecule has 2 heterocycles. The van der Waals surface area contributed by atoms with E-state index in [9.17, 15) is 4.79 Å². The van der Waals surface area contributed by atoms with Gasteiger partial charge in [-0.25, -0.2) is 9.97 Å². The van der Waals surface area contributed by atoms with Gasteiger partial charge in [-0.3, -0.25) is 4.79 Å². The van der Waals surface area contributed by atoms with Crippen molar-refractivity contribution in [3.05, 3.63) is 53.9 Å². The van der Waals surface area contributed by atoms with Gasteiger partial charge >= 0.3 is 0 Å². The van der Waals surface area contributed by atoms with E-state index in [1.807, 2.05) is 12.1 Å². The van der Waals surface area contributed by atoms with Gasteiger partial charge in [0.2, 0.25) is 11.9 Å². The molecule has 0 fully saturated rings. The Morgan fingerprint density at radius 1 is 1.18 bits per heavy atom. The number of carbonyl (C=O) groups is 1. The van der Waals surface area contributed by atoms with E-state index in [0.717, 1.165) is 17.7 Å². The predicted molar refractivity (Wildman–Crippen MR) is 88.9 cm³/mol. The van der Waals surface area contributed by atoms with Crippen LogP contribution in [-0.2, 0) is 11.2 Å². The van der Waals surface area contributed by atoms with Crippen molar-refractivity contribution in [2.24, 2.45) is 0 Å². The number of amides is 1. The maximum atomic E-state index is 12.4. The third-order valence-electron chi connectivity index (χ3n) is 3.50. The number of fused-ring (bicyclic) bond motifs is 1. The number of aryl methyl sites for hydroxylation is 1. The van der Waals surface area contributed by atoms with Crippen molar-refractivity contribution in [3.63, 3.8) is 0 Å². The van der Waals surface area contributed by atoms with E-state index < -0.39 is 0 Å².